The molecule has 1 unspecified atom stereocenters. The van der Waals surface area contributed by atoms with E-state index in [-0.39, 0.29) is 0 Å². The van der Waals surface area contributed by atoms with Crippen molar-refractivity contribution in [3.05, 3.63) is 56.2 Å². The van der Waals surface area contributed by atoms with Crippen molar-refractivity contribution in [1.82, 2.24) is 5.32 Å². The van der Waals surface area contributed by atoms with Crippen LogP contribution < -0.4 is 5.32 Å². The van der Waals surface area contributed by atoms with Gasteiger partial charge in [0.05, 0.1) is 0 Å². The average molecular weight is 324 g/mol. The molecule has 18 heavy (non-hydrogen) atoms. The van der Waals surface area contributed by atoms with Crippen molar-refractivity contribution in [2.45, 2.75) is 26.3 Å². The van der Waals surface area contributed by atoms with Crippen LogP contribution in [0.15, 0.2) is 40.2 Å². The number of hydrogen-bond donors (Lipinski definition) is 1. The second kappa shape index (κ2) is 6.50. The summed E-state index contributed by atoms with van der Waals surface area (Å²) in [5, 5.41) is 5.84. The summed E-state index contributed by atoms with van der Waals surface area (Å²) in [5.74, 6) is 0. The number of rotatable bonds is 5. The largest absolute Gasteiger partial charge is 0.310 e. The summed E-state index contributed by atoms with van der Waals surface area (Å²) < 4.78 is 1.14. The average Bonchev–Trinajstić information content (AvgIpc) is 2.78. The molecule has 0 amide bonds. The number of aryl methyl sites for hydroxylation is 1. The SMILES string of the molecule is CCNC(Cc1ccc(Br)cc1)c1csc(C)c1. The van der Waals surface area contributed by atoms with Gasteiger partial charge in [0.1, 0.15) is 0 Å². The maximum Gasteiger partial charge on any atom is 0.0369 e. The van der Waals surface area contributed by atoms with Gasteiger partial charge in [0, 0.05) is 15.4 Å². The number of nitrogens with one attached hydrogen (secondary N) is 1. The van der Waals surface area contributed by atoms with E-state index >= 15 is 0 Å². The first-order valence-electron chi connectivity index (χ1n) is 6.22. The Balaban J connectivity index is 2.13. The van der Waals surface area contributed by atoms with Crippen molar-refractivity contribution in [3.63, 3.8) is 0 Å². The van der Waals surface area contributed by atoms with Crippen LogP contribution in [0.2, 0.25) is 0 Å². The smallest absolute Gasteiger partial charge is 0.0369 e. The van der Waals surface area contributed by atoms with Crippen molar-refractivity contribution >= 4 is 27.3 Å². The van der Waals surface area contributed by atoms with Crippen molar-refractivity contribution in [2.75, 3.05) is 6.54 Å². The first-order valence-corrected chi connectivity index (χ1v) is 7.89. The maximum absolute atomic E-state index is 3.57. The van der Waals surface area contributed by atoms with Crippen molar-refractivity contribution < 1.29 is 0 Å². The minimum Gasteiger partial charge on any atom is -0.310 e. The number of likely N-dealkylation sites (N-methyl/N-ethyl adjacent to an activating group) is 1. The molecule has 2 aromatic rings. The van der Waals surface area contributed by atoms with Crippen molar-refractivity contribution in [2.24, 2.45) is 0 Å². The molecule has 1 N–H and O–H groups in total. The fraction of sp³-hybridized carbons (Fsp3) is 0.333. The third-order valence-electron chi connectivity index (χ3n) is 2.96. The molecule has 0 aliphatic carbocycles. The molecule has 1 atom stereocenters. The Hall–Kier alpha value is -0.640. The summed E-state index contributed by atoms with van der Waals surface area (Å²) in [4.78, 5) is 1.38. The van der Waals surface area contributed by atoms with Gasteiger partial charge < -0.3 is 5.32 Å². The van der Waals surface area contributed by atoms with Gasteiger partial charge in [0.15, 0.2) is 0 Å². The topological polar surface area (TPSA) is 12.0 Å². The van der Waals surface area contributed by atoms with Crippen LogP contribution in [0.25, 0.3) is 0 Å². The van der Waals surface area contributed by atoms with Crippen LogP contribution in [0.3, 0.4) is 0 Å². The molecule has 96 valence electrons. The molecule has 2 rings (SSSR count). The minimum absolute atomic E-state index is 0.418. The first kappa shape index (κ1) is 13.8. The molecule has 0 saturated heterocycles. The number of thiophene rings is 1. The van der Waals surface area contributed by atoms with Gasteiger partial charge in [0.2, 0.25) is 0 Å². The summed E-state index contributed by atoms with van der Waals surface area (Å²) in [5.41, 5.74) is 2.77. The second-order valence-corrected chi connectivity index (χ2v) is 6.46. The van der Waals surface area contributed by atoms with Crippen LogP contribution >= 0.6 is 27.3 Å². The van der Waals surface area contributed by atoms with E-state index in [4.69, 9.17) is 0 Å². The molecule has 0 saturated carbocycles. The van der Waals surface area contributed by atoms with E-state index in [9.17, 15) is 0 Å². The monoisotopic (exact) mass is 323 g/mol. The van der Waals surface area contributed by atoms with Gasteiger partial charge in [0.25, 0.3) is 0 Å². The zero-order valence-electron chi connectivity index (χ0n) is 10.7. The molecule has 0 aliphatic heterocycles. The van der Waals surface area contributed by atoms with Gasteiger partial charge in [-0.15, -0.1) is 11.3 Å². The molecule has 1 aromatic heterocycles. The Morgan fingerprint density at radius 2 is 2.00 bits per heavy atom. The Labute approximate surface area is 121 Å². The quantitative estimate of drug-likeness (QED) is 0.840. The van der Waals surface area contributed by atoms with Crippen LogP contribution in [-0.4, -0.2) is 6.54 Å². The molecule has 1 nitrogen and oxygen atoms in total. The molecular weight excluding hydrogens is 306 g/mol. The van der Waals surface area contributed by atoms with Crippen LogP contribution in [-0.2, 0) is 6.42 Å². The Morgan fingerprint density at radius 1 is 1.28 bits per heavy atom. The Bertz CT molecular complexity index is 489. The van der Waals surface area contributed by atoms with Gasteiger partial charge in [-0.1, -0.05) is 35.0 Å². The van der Waals surface area contributed by atoms with Crippen LogP contribution in [0.4, 0.5) is 0 Å². The van der Waals surface area contributed by atoms with E-state index in [0.717, 1.165) is 17.4 Å². The summed E-state index contributed by atoms with van der Waals surface area (Å²) >= 11 is 5.30. The highest BCUT2D eigenvalue weighted by atomic mass is 79.9. The normalized spacial score (nSPS) is 12.6. The van der Waals surface area contributed by atoms with E-state index in [0.29, 0.717) is 6.04 Å². The third-order valence-corrected chi connectivity index (χ3v) is 4.37. The molecule has 0 aliphatic rings. The van der Waals surface area contributed by atoms with Crippen LogP contribution in [0.5, 0.6) is 0 Å². The summed E-state index contributed by atoms with van der Waals surface area (Å²) in [6.07, 6.45) is 1.04. The lowest BCUT2D eigenvalue weighted by molar-refractivity contribution is 0.551. The zero-order chi connectivity index (χ0) is 13.0. The minimum atomic E-state index is 0.418. The second-order valence-electron chi connectivity index (χ2n) is 4.43. The third kappa shape index (κ3) is 3.67. The number of hydrogen-bond acceptors (Lipinski definition) is 2. The lowest BCUT2D eigenvalue weighted by Crippen LogP contribution is -2.22. The first-order chi connectivity index (χ1) is 8.69. The van der Waals surface area contributed by atoms with Crippen LogP contribution in [0.1, 0.15) is 29.0 Å². The fourth-order valence-electron chi connectivity index (χ4n) is 2.06. The molecule has 0 fully saturated rings. The van der Waals surface area contributed by atoms with Crippen molar-refractivity contribution in [1.29, 1.82) is 0 Å². The van der Waals surface area contributed by atoms with E-state index in [1.165, 1.54) is 16.0 Å². The Morgan fingerprint density at radius 3 is 2.56 bits per heavy atom. The zero-order valence-corrected chi connectivity index (χ0v) is 13.1. The van der Waals surface area contributed by atoms with E-state index in [1.807, 2.05) is 11.3 Å². The molecule has 1 aromatic carbocycles. The van der Waals surface area contributed by atoms with E-state index in [2.05, 4.69) is 70.8 Å². The highest BCUT2D eigenvalue weighted by Gasteiger charge is 2.12. The van der Waals surface area contributed by atoms with E-state index < -0.39 is 0 Å². The highest BCUT2D eigenvalue weighted by Crippen LogP contribution is 2.24. The molecule has 0 spiro atoms. The molecule has 0 bridgehead atoms. The summed E-state index contributed by atoms with van der Waals surface area (Å²) in [6.45, 7) is 5.32. The lowest BCUT2D eigenvalue weighted by atomic mass is 10.0. The summed E-state index contributed by atoms with van der Waals surface area (Å²) in [7, 11) is 0. The van der Waals surface area contributed by atoms with Gasteiger partial charge in [-0.3, -0.25) is 0 Å². The Kier molecular flexibility index (Phi) is 4.98. The lowest BCUT2D eigenvalue weighted by Gasteiger charge is -2.17. The molecular formula is C15H18BrNS. The van der Waals surface area contributed by atoms with Crippen LogP contribution in [0, 0.1) is 6.92 Å². The van der Waals surface area contributed by atoms with E-state index in [1.54, 1.807) is 0 Å². The van der Waals surface area contributed by atoms with Gasteiger partial charge in [-0.05, 0) is 54.6 Å². The maximum atomic E-state index is 3.57. The van der Waals surface area contributed by atoms with Gasteiger partial charge in [-0.25, -0.2) is 0 Å². The van der Waals surface area contributed by atoms with Crippen molar-refractivity contribution in [3.8, 4) is 0 Å². The van der Waals surface area contributed by atoms with Gasteiger partial charge >= 0.3 is 0 Å². The summed E-state index contributed by atoms with van der Waals surface area (Å²) in [6, 6.07) is 11.3. The molecule has 3 heteroatoms. The standard InChI is InChI=1S/C15H18BrNS/c1-3-17-15(13-8-11(2)18-10-13)9-12-4-6-14(16)7-5-12/h4-8,10,15,17H,3,9H2,1-2H3. The predicted molar refractivity (Wildman–Crippen MR) is 83.3 cm³/mol. The van der Waals surface area contributed by atoms with Gasteiger partial charge in [-0.2, -0.15) is 0 Å². The number of benzene rings is 1. The highest BCUT2D eigenvalue weighted by molar-refractivity contribution is 9.10. The fourth-order valence-corrected chi connectivity index (χ4v) is 3.08. The number of halogens is 1. The predicted octanol–water partition coefficient (Wildman–Crippen LogP) is 4.71. The molecule has 0 radical (unpaired) electrons. The molecule has 1 heterocycles.